The number of Topliss-reactive ketones (excluding diaryl/α,β-unsaturated/α-hetero) is 1. The molecule has 3 aromatic carbocycles. The summed E-state index contributed by atoms with van der Waals surface area (Å²) >= 11 is 0. The summed E-state index contributed by atoms with van der Waals surface area (Å²) in [5.74, 6) is -0.714. The molecule has 7 heteroatoms. The molecular weight excluding hydrogens is 573 g/mol. The largest absolute Gasteiger partial charge is 0.494 e. The van der Waals surface area contributed by atoms with Crippen LogP contribution >= 0.6 is 0 Å². The monoisotopic (exact) mass is 614 g/mol. The first-order chi connectivity index (χ1) is 21.8. The average Bonchev–Trinajstić information content (AvgIpc) is 3.31. The van der Waals surface area contributed by atoms with Gasteiger partial charge in [0.05, 0.1) is 23.7 Å². The number of allylic oxidation sites excluding steroid dienone is 2. The SMILES string of the molecule is COc1ccc(-c2c[nH]c3c(=Nc4ccc(C(=O)CC(CC/C5=C/CCCCCC5)CC(F)F)c(C)c4)ccccc23)cc1F. The molecule has 0 aliphatic heterocycles. The van der Waals surface area contributed by atoms with Crippen molar-refractivity contribution in [3.63, 3.8) is 0 Å². The number of aromatic nitrogens is 1. The Kier molecular flexibility index (Phi) is 10.9. The van der Waals surface area contributed by atoms with Gasteiger partial charge in [-0.15, -0.1) is 0 Å². The predicted octanol–water partition coefficient (Wildman–Crippen LogP) is 10.4. The molecule has 5 rings (SSSR count). The van der Waals surface area contributed by atoms with E-state index in [1.807, 2.05) is 49.5 Å². The van der Waals surface area contributed by atoms with Crippen molar-refractivity contribution in [3.05, 3.63) is 101 Å². The van der Waals surface area contributed by atoms with Gasteiger partial charge in [-0.25, -0.2) is 18.2 Å². The fourth-order valence-electron chi connectivity index (χ4n) is 6.34. The van der Waals surface area contributed by atoms with Gasteiger partial charge < -0.3 is 9.72 Å². The standard InChI is InChI=1S/C38H41F3N2O2/c1-25-20-29(17-18-30(25)35(44)21-27(22-37(40)41)15-14-26-10-6-4-3-5-7-11-26)43-34-13-9-8-12-31-32(24-42-38(31)34)28-16-19-36(45-2)33(39)23-28/h8-10,12-13,16-20,23-24,27,37,42H,3-7,11,14-15,21-22H2,1-2H3/b26-10+,43-34?. The molecule has 1 atom stereocenters. The number of halogens is 3. The number of hydrogen-bond donors (Lipinski definition) is 1. The van der Waals surface area contributed by atoms with E-state index in [4.69, 9.17) is 9.73 Å². The van der Waals surface area contributed by atoms with Crippen molar-refractivity contribution in [2.75, 3.05) is 7.11 Å². The second-order valence-electron chi connectivity index (χ2n) is 12.0. The molecule has 1 aliphatic rings. The van der Waals surface area contributed by atoms with Crippen LogP contribution in [-0.4, -0.2) is 24.3 Å². The zero-order valence-corrected chi connectivity index (χ0v) is 26.1. The lowest BCUT2D eigenvalue weighted by molar-refractivity contribution is 0.0878. The van der Waals surface area contributed by atoms with E-state index in [0.717, 1.165) is 47.7 Å². The number of aromatic amines is 1. The topological polar surface area (TPSA) is 54.4 Å². The maximum absolute atomic E-state index is 14.5. The second kappa shape index (κ2) is 15.2. The van der Waals surface area contributed by atoms with Crippen molar-refractivity contribution in [2.24, 2.45) is 10.9 Å². The number of ketones is 1. The molecule has 0 bridgehead atoms. The molecule has 1 heterocycles. The van der Waals surface area contributed by atoms with Crippen LogP contribution in [0.5, 0.6) is 5.75 Å². The number of methoxy groups -OCH3 is 1. The molecule has 0 fully saturated rings. The molecule has 0 saturated heterocycles. The third kappa shape index (κ3) is 8.33. The Morgan fingerprint density at radius 1 is 1.02 bits per heavy atom. The minimum Gasteiger partial charge on any atom is -0.494 e. The van der Waals surface area contributed by atoms with E-state index in [0.29, 0.717) is 28.6 Å². The van der Waals surface area contributed by atoms with E-state index < -0.39 is 12.2 Å². The minimum atomic E-state index is -2.43. The highest BCUT2D eigenvalue weighted by Crippen LogP contribution is 2.31. The molecule has 4 aromatic rings. The molecule has 236 valence electrons. The van der Waals surface area contributed by atoms with Crippen LogP contribution < -0.4 is 10.1 Å². The number of rotatable bonds is 11. The number of alkyl halides is 2. The summed E-state index contributed by atoms with van der Waals surface area (Å²) in [4.78, 5) is 21.5. The lowest BCUT2D eigenvalue weighted by Crippen LogP contribution is -2.14. The second-order valence-corrected chi connectivity index (χ2v) is 12.0. The number of hydrogen-bond acceptors (Lipinski definition) is 3. The summed E-state index contributed by atoms with van der Waals surface area (Å²) < 4.78 is 46.5. The lowest BCUT2D eigenvalue weighted by atomic mass is 9.87. The molecule has 0 saturated carbocycles. The van der Waals surface area contributed by atoms with Gasteiger partial charge in [0.2, 0.25) is 6.43 Å². The summed E-state index contributed by atoms with van der Waals surface area (Å²) in [5, 5.41) is 1.57. The van der Waals surface area contributed by atoms with Gasteiger partial charge in [-0.1, -0.05) is 48.8 Å². The van der Waals surface area contributed by atoms with Crippen LogP contribution in [0.3, 0.4) is 0 Å². The van der Waals surface area contributed by atoms with Crippen LogP contribution in [0.4, 0.5) is 18.9 Å². The van der Waals surface area contributed by atoms with Gasteiger partial charge in [0.1, 0.15) is 0 Å². The fourth-order valence-corrected chi connectivity index (χ4v) is 6.34. The molecule has 0 spiro atoms. The lowest BCUT2D eigenvalue weighted by Gasteiger charge is -2.18. The van der Waals surface area contributed by atoms with E-state index in [9.17, 15) is 18.0 Å². The molecule has 45 heavy (non-hydrogen) atoms. The Hall–Kier alpha value is -4.13. The average molecular weight is 615 g/mol. The Morgan fingerprint density at radius 3 is 2.62 bits per heavy atom. The Labute approximate surface area is 263 Å². The van der Waals surface area contributed by atoms with Crippen molar-refractivity contribution < 1.29 is 22.7 Å². The summed E-state index contributed by atoms with van der Waals surface area (Å²) in [5.41, 5.74) is 5.67. The summed E-state index contributed by atoms with van der Waals surface area (Å²) in [6, 6.07) is 17.9. The minimum absolute atomic E-state index is 0.106. The number of aryl methyl sites for hydroxylation is 1. The van der Waals surface area contributed by atoms with E-state index in [-0.39, 0.29) is 30.3 Å². The van der Waals surface area contributed by atoms with E-state index >= 15 is 0 Å². The maximum Gasteiger partial charge on any atom is 0.238 e. The highest BCUT2D eigenvalue weighted by Gasteiger charge is 2.21. The Bertz CT molecular complexity index is 1740. The van der Waals surface area contributed by atoms with Crippen molar-refractivity contribution in [1.29, 1.82) is 0 Å². The number of nitrogens with zero attached hydrogens (tertiary/aromatic N) is 1. The number of carbonyl (C=O) groups is 1. The van der Waals surface area contributed by atoms with Gasteiger partial charge in [-0.3, -0.25) is 4.79 Å². The van der Waals surface area contributed by atoms with Crippen molar-refractivity contribution in [2.45, 2.75) is 77.6 Å². The van der Waals surface area contributed by atoms with Crippen LogP contribution in [0.15, 0.2) is 83.5 Å². The first kappa shape index (κ1) is 32.3. The zero-order valence-electron chi connectivity index (χ0n) is 26.1. The smallest absolute Gasteiger partial charge is 0.238 e. The van der Waals surface area contributed by atoms with Gasteiger partial charge in [0.15, 0.2) is 17.3 Å². The summed E-state index contributed by atoms with van der Waals surface area (Å²) in [6.07, 6.45) is 9.87. The van der Waals surface area contributed by atoms with Crippen LogP contribution in [0.25, 0.3) is 22.0 Å². The van der Waals surface area contributed by atoms with E-state index in [1.54, 1.807) is 18.2 Å². The number of H-pyrrole nitrogens is 1. The Morgan fingerprint density at radius 2 is 1.84 bits per heavy atom. The number of carbonyl (C=O) groups excluding carboxylic acids is 1. The van der Waals surface area contributed by atoms with E-state index in [1.165, 1.54) is 38.0 Å². The van der Waals surface area contributed by atoms with Crippen molar-refractivity contribution >= 4 is 22.4 Å². The van der Waals surface area contributed by atoms with Gasteiger partial charge in [0, 0.05) is 35.6 Å². The molecular formula is C38H41F3N2O2. The molecule has 0 amide bonds. The zero-order chi connectivity index (χ0) is 31.8. The third-order valence-electron chi connectivity index (χ3n) is 8.77. The van der Waals surface area contributed by atoms with Gasteiger partial charge in [0.25, 0.3) is 0 Å². The number of benzene rings is 2. The highest BCUT2D eigenvalue weighted by atomic mass is 19.3. The number of ether oxygens (including phenoxy) is 1. The number of fused-ring (bicyclic) bond motifs is 1. The van der Waals surface area contributed by atoms with Gasteiger partial charge >= 0.3 is 0 Å². The van der Waals surface area contributed by atoms with Crippen molar-refractivity contribution in [1.82, 2.24) is 4.98 Å². The maximum atomic E-state index is 14.5. The van der Waals surface area contributed by atoms with Crippen LogP contribution in [0.1, 0.15) is 80.1 Å². The quantitative estimate of drug-likeness (QED) is 0.135. The molecule has 1 unspecified atom stereocenters. The first-order valence-electron chi connectivity index (χ1n) is 15.9. The molecule has 0 radical (unpaired) electrons. The highest BCUT2D eigenvalue weighted by molar-refractivity contribution is 5.98. The fraction of sp³-hybridized carbons (Fsp3) is 0.368. The van der Waals surface area contributed by atoms with Crippen molar-refractivity contribution in [3.8, 4) is 16.9 Å². The molecule has 1 aromatic heterocycles. The van der Waals surface area contributed by atoms with Crippen LogP contribution in [0.2, 0.25) is 0 Å². The molecule has 4 nitrogen and oxygen atoms in total. The molecule has 1 N–H and O–H groups in total. The van der Waals surface area contributed by atoms with Gasteiger partial charge in [-0.2, -0.15) is 0 Å². The normalized spacial score (nSPS) is 16.2. The predicted molar refractivity (Wildman–Crippen MR) is 175 cm³/mol. The first-order valence-corrected chi connectivity index (χ1v) is 15.9. The third-order valence-corrected chi connectivity index (χ3v) is 8.77. The van der Waals surface area contributed by atoms with Gasteiger partial charge in [-0.05, 0) is 98.9 Å². The summed E-state index contributed by atoms with van der Waals surface area (Å²) in [7, 11) is 1.44. The Balaban J connectivity index is 1.36. The number of nitrogens with one attached hydrogen (secondary N) is 1. The van der Waals surface area contributed by atoms with E-state index in [2.05, 4.69) is 11.1 Å². The van der Waals surface area contributed by atoms with Crippen LogP contribution in [0, 0.1) is 18.7 Å². The molecule has 1 aliphatic carbocycles. The summed E-state index contributed by atoms with van der Waals surface area (Å²) in [6.45, 7) is 1.86. The van der Waals surface area contributed by atoms with Crippen LogP contribution in [-0.2, 0) is 0 Å².